The first-order chi connectivity index (χ1) is 14.6. The van der Waals surface area contributed by atoms with E-state index in [1.165, 1.54) is 7.11 Å². The molecule has 0 radical (unpaired) electrons. The van der Waals surface area contributed by atoms with Crippen molar-refractivity contribution in [3.8, 4) is 22.6 Å². The molecule has 0 aliphatic rings. The van der Waals surface area contributed by atoms with Crippen molar-refractivity contribution in [1.82, 2.24) is 0 Å². The number of nitrogens with one attached hydrogen (secondary N) is 1. The van der Waals surface area contributed by atoms with Gasteiger partial charge in [0, 0.05) is 0 Å². The highest BCUT2D eigenvalue weighted by Gasteiger charge is 2.17. The maximum absolute atomic E-state index is 12.4. The van der Waals surface area contributed by atoms with Gasteiger partial charge in [-0.1, -0.05) is 30.3 Å². The van der Waals surface area contributed by atoms with Crippen molar-refractivity contribution < 1.29 is 23.8 Å². The van der Waals surface area contributed by atoms with Gasteiger partial charge in [0.25, 0.3) is 0 Å². The third-order valence-electron chi connectivity index (χ3n) is 4.32. The van der Waals surface area contributed by atoms with E-state index >= 15 is 0 Å². The van der Waals surface area contributed by atoms with Gasteiger partial charge in [0.15, 0.2) is 5.75 Å². The van der Waals surface area contributed by atoms with Crippen molar-refractivity contribution in [2.75, 3.05) is 13.7 Å². The SMILES string of the molecule is CCOC(=O)c1ccc(-c2ccc(Oc3ccccc3N=N)c(C(=O)OC)c2)cc1. The van der Waals surface area contributed by atoms with E-state index < -0.39 is 5.97 Å². The fourth-order valence-corrected chi connectivity index (χ4v) is 2.84. The molecule has 0 aliphatic carbocycles. The maximum Gasteiger partial charge on any atom is 0.341 e. The van der Waals surface area contributed by atoms with Gasteiger partial charge < -0.3 is 14.2 Å². The summed E-state index contributed by atoms with van der Waals surface area (Å²) in [6.07, 6.45) is 0. The Hall–Kier alpha value is -4.00. The smallest absolute Gasteiger partial charge is 0.341 e. The lowest BCUT2D eigenvalue weighted by Crippen LogP contribution is -2.05. The number of carbonyl (C=O) groups is 2. The molecule has 0 bridgehead atoms. The minimum Gasteiger partial charge on any atom is -0.465 e. The van der Waals surface area contributed by atoms with E-state index in [1.54, 1.807) is 73.7 Å². The van der Waals surface area contributed by atoms with E-state index in [4.69, 9.17) is 19.7 Å². The van der Waals surface area contributed by atoms with Crippen molar-refractivity contribution in [2.24, 2.45) is 5.11 Å². The van der Waals surface area contributed by atoms with E-state index in [0.29, 0.717) is 23.6 Å². The Kier molecular flexibility index (Phi) is 6.54. The number of carbonyl (C=O) groups excluding carboxylic acids is 2. The van der Waals surface area contributed by atoms with Crippen molar-refractivity contribution in [3.63, 3.8) is 0 Å². The molecule has 0 saturated carbocycles. The zero-order chi connectivity index (χ0) is 21.5. The van der Waals surface area contributed by atoms with E-state index in [2.05, 4.69) is 5.11 Å². The number of nitrogens with zero attached hydrogens (tertiary/aromatic N) is 1. The van der Waals surface area contributed by atoms with Crippen LogP contribution in [-0.2, 0) is 9.47 Å². The van der Waals surface area contributed by atoms with Gasteiger partial charge >= 0.3 is 11.9 Å². The van der Waals surface area contributed by atoms with Crippen LogP contribution in [0.5, 0.6) is 11.5 Å². The summed E-state index contributed by atoms with van der Waals surface area (Å²) in [5.41, 5.74) is 9.83. The molecule has 30 heavy (non-hydrogen) atoms. The molecule has 0 atom stereocenters. The maximum atomic E-state index is 12.4. The molecule has 0 fully saturated rings. The molecule has 0 aliphatic heterocycles. The van der Waals surface area contributed by atoms with Crippen molar-refractivity contribution in [1.29, 1.82) is 5.53 Å². The average molecular weight is 404 g/mol. The van der Waals surface area contributed by atoms with Crippen molar-refractivity contribution in [3.05, 3.63) is 77.9 Å². The standard InChI is InChI=1S/C23H20N2O5/c1-3-29-22(26)16-10-8-15(9-11-16)17-12-13-20(18(14-17)23(27)28-2)30-21-7-5-4-6-19(21)25-24/h4-14,24H,3H2,1-2H3. The molecule has 1 N–H and O–H groups in total. The molecule has 3 rings (SSSR count). The lowest BCUT2D eigenvalue weighted by atomic mass is 10.0. The van der Waals surface area contributed by atoms with Crippen LogP contribution in [0.25, 0.3) is 11.1 Å². The Morgan fingerprint density at radius 1 is 0.900 bits per heavy atom. The normalized spacial score (nSPS) is 10.2. The first kappa shape index (κ1) is 20.7. The van der Waals surface area contributed by atoms with Crippen LogP contribution in [0.4, 0.5) is 5.69 Å². The molecule has 0 spiro atoms. The lowest BCUT2D eigenvalue weighted by Gasteiger charge is -2.13. The summed E-state index contributed by atoms with van der Waals surface area (Å²) in [6, 6.07) is 18.8. The van der Waals surface area contributed by atoms with Gasteiger partial charge in [-0.05, 0) is 54.4 Å². The first-order valence-corrected chi connectivity index (χ1v) is 9.21. The number of esters is 2. The Balaban J connectivity index is 1.96. The molecule has 0 amide bonds. The third kappa shape index (κ3) is 4.52. The largest absolute Gasteiger partial charge is 0.465 e. The van der Waals surface area contributed by atoms with Gasteiger partial charge in [0.1, 0.15) is 17.0 Å². The summed E-state index contributed by atoms with van der Waals surface area (Å²) in [4.78, 5) is 24.2. The molecular weight excluding hydrogens is 384 g/mol. The van der Waals surface area contributed by atoms with Gasteiger partial charge in [0.2, 0.25) is 0 Å². The van der Waals surface area contributed by atoms with Crippen LogP contribution >= 0.6 is 0 Å². The summed E-state index contributed by atoms with van der Waals surface area (Å²) in [7, 11) is 1.29. The Morgan fingerprint density at radius 3 is 2.27 bits per heavy atom. The van der Waals surface area contributed by atoms with Crippen LogP contribution < -0.4 is 4.74 Å². The fourth-order valence-electron chi connectivity index (χ4n) is 2.84. The highest BCUT2D eigenvalue weighted by Crippen LogP contribution is 2.35. The summed E-state index contributed by atoms with van der Waals surface area (Å²) in [5.74, 6) is -0.314. The van der Waals surface area contributed by atoms with Gasteiger partial charge in [0.05, 0.1) is 19.3 Å². The van der Waals surface area contributed by atoms with Crippen LogP contribution in [0.1, 0.15) is 27.6 Å². The topological polar surface area (TPSA) is 98.0 Å². The van der Waals surface area contributed by atoms with Crippen molar-refractivity contribution in [2.45, 2.75) is 6.92 Å². The monoisotopic (exact) mass is 404 g/mol. The second-order valence-electron chi connectivity index (χ2n) is 6.18. The average Bonchev–Trinajstić information content (AvgIpc) is 2.79. The minimum atomic E-state index is -0.560. The molecule has 0 saturated heterocycles. The number of hydrogen-bond donors (Lipinski definition) is 1. The Labute approximate surface area is 173 Å². The van der Waals surface area contributed by atoms with E-state index in [-0.39, 0.29) is 17.3 Å². The van der Waals surface area contributed by atoms with Gasteiger partial charge in [-0.15, -0.1) is 0 Å². The van der Waals surface area contributed by atoms with Crippen LogP contribution in [-0.4, -0.2) is 25.7 Å². The first-order valence-electron chi connectivity index (χ1n) is 9.21. The van der Waals surface area contributed by atoms with Crippen LogP contribution in [0.15, 0.2) is 71.8 Å². The summed E-state index contributed by atoms with van der Waals surface area (Å²) >= 11 is 0. The van der Waals surface area contributed by atoms with Gasteiger partial charge in [-0.2, -0.15) is 5.11 Å². The molecule has 152 valence electrons. The quantitative estimate of drug-likeness (QED) is 0.398. The Morgan fingerprint density at radius 2 is 1.60 bits per heavy atom. The summed E-state index contributed by atoms with van der Waals surface area (Å²) < 4.78 is 15.7. The number of hydrogen-bond acceptors (Lipinski definition) is 7. The van der Waals surface area contributed by atoms with E-state index in [0.717, 1.165) is 11.1 Å². The predicted molar refractivity (Wildman–Crippen MR) is 110 cm³/mol. The zero-order valence-electron chi connectivity index (χ0n) is 16.5. The third-order valence-corrected chi connectivity index (χ3v) is 4.32. The fraction of sp³-hybridized carbons (Fsp3) is 0.130. The highest BCUT2D eigenvalue weighted by atomic mass is 16.5. The van der Waals surface area contributed by atoms with Crippen LogP contribution in [0, 0.1) is 5.53 Å². The van der Waals surface area contributed by atoms with E-state index in [9.17, 15) is 9.59 Å². The number of para-hydroxylation sites is 2. The molecular formula is C23H20N2O5. The molecule has 0 heterocycles. The summed E-state index contributed by atoms with van der Waals surface area (Å²) in [6.45, 7) is 2.06. The number of rotatable bonds is 7. The molecule has 7 heteroatoms. The number of benzene rings is 3. The minimum absolute atomic E-state index is 0.226. The van der Waals surface area contributed by atoms with Gasteiger partial charge in [-0.25, -0.2) is 15.1 Å². The lowest BCUT2D eigenvalue weighted by molar-refractivity contribution is 0.0525. The number of methoxy groups -OCH3 is 1. The summed E-state index contributed by atoms with van der Waals surface area (Å²) in [5, 5.41) is 3.43. The van der Waals surface area contributed by atoms with Crippen LogP contribution in [0.3, 0.4) is 0 Å². The Bertz CT molecular complexity index is 1080. The molecule has 7 nitrogen and oxygen atoms in total. The number of ether oxygens (including phenoxy) is 3. The van der Waals surface area contributed by atoms with Crippen molar-refractivity contribution >= 4 is 17.6 Å². The molecule has 3 aromatic rings. The van der Waals surface area contributed by atoms with Gasteiger partial charge in [-0.3, -0.25) is 0 Å². The van der Waals surface area contributed by atoms with Crippen LogP contribution in [0.2, 0.25) is 0 Å². The molecule has 3 aromatic carbocycles. The molecule has 0 aromatic heterocycles. The van der Waals surface area contributed by atoms with E-state index in [1.807, 2.05) is 0 Å². The second kappa shape index (κ2) is 9.47. The highest BCUT2D eigenvalue weighted by molar-refractivity contribution is 5.94. The zero-order valence-corrected chi connectivity index (χ0v) is 16.5. The molecule has 0 unspecified atom stereocenters. The predicted octanol–water partition coefficient (Wildman–Crippen LogP) is 5.77. The second-order valence-corrected chi connectivity index (χ2v) is 6.18.